The molecule has 0 spiro atoms. The van der Waals surface area contributed by atoms with E-state index in [4.69, 9.17) is 0 Å². The van der Waals surface area contributed by atoms with Crippen LogP contribution in [0.4, 0.5) is 0 Å². The standard InChI is InChI=1S/C11H24OSi/c1-11(2,3)13(4,12)10-8-6-5-7-9-10/h10,12H,5-9H2,1-4H3/t13-/m0/s1. The molecule has 0 heterocycles. The van der Waals surface area contributed by atoms with Gasteiger partial charge in [0.25, 0.3) is 0 Å². The number of hydrogen-bond acceptors (Lipinski definition) is 1. The van der Waals surface area contributed by atoms with Crippen molar-refractivity contribution in [2.45, 2.75) is 70.0 Å². The van der Waals surface area contributed by atoms with Crippen LogP contribution in [0.1, 0.15) is 52.9 Å². The van der Waals surface area contributed by atoms with Crippen molar-refractivity contribution in [3.8, 4) is 0 Å². The molecule has 2 heteroatoms. The summed E-state index contributed by atoms with van der Waals surface area (Å²) in [7, 11) is -2.00. The quantitative estimate of drug-likeness (QED) is 0.640. The molecule has 78 valence electrons. The zero-order chi connectivity index (χ0) is 10.1. The molecule has 1 saturated carbocycles. The lowest BCUT2D eigenvalue weighted by Gasteiger charge is -2.42. The minimum Gasteiger partial charge on any atom is -0.431 e. The highest BCUT2D eigenvalue weighted by molar-refractivity contribution is 6.75. The molecule has 13 heavy (non-hydrogen) atoms. The summed E-state index contributed by atoms with van der Waals surface area (Å²) in [5, 5.41) is 0.148. The molecular formula is C11H24OSi. The van der Waals surface area contributed by atoms with E-state index >= 15 is 0 Å². The van der Waals surface area contributed by atoms with Gasteiger partial charge in [-0.15, -0.1) is 0 Å². The highest BCUT2D eigenvalue weighted by Crippen LogP contribution is 2.47. The molecule has 0 amide bonds. The van der Waals surface area contributed by atoms with Gasteiger partial charge < -0.3 is 4.80 Å². The van der Waals surface area contributed by atoms with Crippen molar-refractivity contribution in [2.75, 3.05) is 0 Å². The second-order valence-electron chi connectivity index (χ2n) is 5.73. The molecular weight excluding hydrogens is 176 g/mol. The van der Waals surface area contributed by atoms with E-state index in [9.17, 15) is 4.80 Å². The van der Waals surface area contributed by atoms with Gasteiger partial charge in [-0.05, 0) is 17.1 Å². The molecule has 0 aromatic heterocycles. The van der Waals surface area contributed by atoms with Crippen molar-refractivity contribution in [3.05, 3.63) is 0 Å². The van der Waals surface area contributed by atoms with E-state index in [-0.39, 0.29) is 5.04 Å². The number of rotatable bonds is 1. The van der Waals surface area contributed by atoms with Crippen LogP contribution in [0.5, 0.6) is 0 Å². The minimum absolute atomic E-state index is 0.148. The molecule has 1 atom stereocenters. The first kappa shape index (κ1) is 11.3. The zero-order valence-corrected chi connectivity index (χ0v) is 10.6. The fourth-order valence-electron chi connectivity index (χ4n) is 2.28. The van der Waals surface area contributed by atoms with E-state index in [2.05, 4.69) is 27.3 Å². The van der Waals surface area contributed by atoms with Crippen molar-refractivity contribution in [3.63, 3.8) is 0 Å². The Hall–Kier alpha value is 0.177. The summed E-state index contributed by atoms with van der Waals surface area (Å²) in [6, 6.07) is 0. The Morgan fingerprint density at radius 3 is 1.92 bits per heavy atom. The Kier molecular flexibility index (Phi) is 3.23. The van der Waals surface area contributed by atoms with Gasteiger partial charge in [0.1, 0.15) is 0 Å². The first-order chi connectivity index (χ1) is 5.86. The topological polar surface area (TPSA) is 20.2 Å². The minimum atomic E-state index is -2.00. The summed E-state index contributed by atoms with van der Waals surface area (Å²) in [6.45, 7) is 8.76. The Bertz CT molecular complexity index is 163. The summed E-state index contributed by atoms with van der Waals surface area (Å²) in [4.78, 5) is 10.6. The van der Waals surface area contributed by atoms with Crippen molar-refractivity contribution < 1.29 is 4.80 Å². The molecule has 0 bridgehead atoms. The summed E-state index contributed by atoms with van der Waals surface area (Å²) in [6.07, 6.45) is 6.60. The van der Waals surface area contributed by atoms with Crippen LogP contribution in [0.3, 0.4) is 0 Å². The molecule has 1 fully saturated rings. The molecule has 1 nitrogen and oxygen atoms in total. The van der Waals surface area contributed by atoms with Crippen molar-refractivity contribution >= 4 is 8.32 Å². The van der Waals surface area contributed by atoms with Crippen LogP contribution in [0, 0.1) is 0 Å². The van der Waals surface area contributed by atoms with Gasteiger partial charge in [0.15, 0.2) is 8.32 Å². The van der Waals surface area contributed by atoms with E-state index in [0.717, 1.165) is 0 Å². The maximum atomic E-state index is 10.6. The van der Waals surface area contributed by atoms with Crippen LogP contribution in [-0.4, -0.2) is 13.1 Å². The van der Waals surface area contributed by atoms with E-state index < -0.39 is 8.32 Å². The Balaban J connectivity index is 2.67. The van der Waals surface area contributed by atoms with Crippen LogP contribution >= 0.6 is 0 Å². The van der Waals surface area contributed by atoms with Crippen molar-refractivity contribution in [2.24, 2.45) is 0 Å². The third-order valence-electron chi connectivity index (χ3n) is 3.92. The Morgan fingerprint density at radius 1 is 1.08 bits per heavy atom. The lowest BCUT2D eigenvalue weighted by molar-refractivity contribution is 0.396. The lowest BCUT2D eigenvalue weighted by Crippen LogP contribution is -2.46. The highest BCUT2D eigenvalue weighted by atomic mass is 28.4. The van der Waals surface area contributed by atoms with Gasteiger partial charge in [-0.2, -0.15) is 0 Å². The molecule has 0 unspecified atom stereocenters. The molecule has 0 radical (unpaired) electrons. The lowest BCUT2D eigenvalue weighted by atomic mass is 10.0. The van der Waals surface area contributed by atoms with Crippen LogP contribution in [-0.2, 0) is 0 Å². The van der Waals surface area contributed by atoms with Gasteiger partial charge >= 0.3 is 0 Å². The van der Waals surface area contributed by atoms with Crippen LogP contribution in [0.25, 0.3) is 0 Å². The van der Waals surface area contributed by atoms with Crippen LogP contribution < -0.4 is 0 Å². The molecule has 1 rings (SSSR count). The summed E-state index contributed by atoms with van der Waals surface area (Å²) in [5.41, 5.74) is 0.654. The predicted molar refractivity (Wildman–Crippen MR) is 60.4 cm³/mol. The molecule has 0 aromatic rings. The average Bonchev–Trinajstić information content (AvgIpc) is 2.04. The fraction of sp³-hybridized carbons (Fsp3) is 1.00. The monoisotopic (exact) mass is 200 g/mol. The molecule has 0 aliphatic heterocycles. The van der Waals surface area contributed by atoms with Gasteiger partial charge in [0.2, 0.25) is 0 Å². The summed E-state index contributed by atoms with van der Waals surface area (Å²) in [5.74, 6) is 0. The zero-order valence-electron chi connectivity index (χ0n) is 9.56. The maximum absolute atomic E-state index is 10.6. The molecule has 1 aliphatic rings. The SMILES string of the molecule is CC(C)(C)[Si@@](C)(O)C1CCCCC1. The van der Waals surface area contributed by atoms with Gasteiger partial charge in [-0.25, -0.2) is 0 Å². The van der Waals surface area contributed by atoms with E-state index in [1.54, 1.807) is 0 Å². The first-order valence-corrected chi connectivity index (χ1v) is 8.10. The van der Waals surface area contributed by atoms with Crippen molar-refractivity contribution in [1.29, 1.82) is 0 Å². The van der Waals surface area contributed by atoms with Gasteiger partial charge in [-0.3, -0.25) is 0 Å². The molecule has 1 aliphatic carbocycles. The highest BCUT2D eigenvalue weighted by Gasteiger charge is 2.45. The van der Waals surface area contributed by atoms with Crippen LogP contribution in [0.15, 0.2) is 0 Å². The summed E-state index contributed by atoms with van der Waals surface area (Å²) >= 11 is 0. The average molecular weight is 200 g/mol. The van der Waals surface area contributed by atoms with Gasteiger partial charge in [0, 0.05) is 0 Å². The molecule has 0 aromatic carbocycles. The molecule has 1 N–H and O–H groups in total. The second kappa shape index (κ2) is 3.74. The first-order valence-electron chi connectivity index (χ1n) is 5.58. The van der Waals surface area contributed by atoms with Crippen molar-refractivity contribution in [1.82, 2.24) is 0 Å². The third-order valence-corrected chi connectivity index (χ3v) is 9.12. The Labute approximate surface area is 83.7 Å². The second-order valence-corrected chi connectivity index (χ2v) is 10.3. The van der Waals surface area contributed by atoms with Gasteiger partial charge in [-0.1, -0.05) is 52.9 Å². The Morgan fingerprint density at radius 2 is 1.54 bits per heavy atom. The molecule has 0 saturated heterocycles. The number of hydrogen-bond donors (Lipinski definition) is 1. The fourth-order valence-corrected chi connectivity index (χ4v) is 5.03. The van der Waals surface area contributed by atoms with Gasteiger partial charge in [0.05, 0.1) is 0 Å². The maximum Gasteiger partial charge on any atom is 0.193 e. The smallest absolute Gasteiger partial charge is 0.193 e. The third kappa shape index (κ3) is 2.35. The van der Waals surface area contributed by atoms with E-state index in [0.29, 0.717) is 5.54 Å². The van der Waals surface area contributed by atoms with E-state index in [1.165, 1.54) is 32.1 Å². The normalized spacial score (nSPS) is 25.6. The largest absolute Gasteiger partial charge is 0.431 e. The van der Waals surface area contributed by atoms with Crippen LogP contribution in [0.2, 0.25) is 17.1 Å². The summed E-state index contributed by atoms with van der Waals surface area (Å²) < 4.78 is 0. The predicted octanol–water partition coefficient (Wildman–Crippen LogP) is 3.69. The van der Waals surface area contributed by atoms with E-state index in [1.807, 2.05) is 0 Å².